The number of aliphatic carboxylic acids is 1. The second-order valence-electron chi connectivity index (χ2n) is 9.83. The molecule has 2 fully saturated rings. The number of carbonyl (C=O) groups is 6. The van der Waals surface area contributed by atoms with Gasteiger partial charge in [-0.15, -0.1) is 16.9 Å². The number of nitrogens with zero attached hydrogens (tertiary/aromatic N) is 7. The van der Waals surface area contributed by atoms with E-state index >= 15 is 0 Å². The van der Waals surface area contributed by atoms with Crippen LogP contribution in [0.2, 0.25) is 0 Å². The number of hydrogen-bond donors (Lipinski definition) is 3. The number of nitrogens with one attached hydrogen (secondary N) is 2. The fraction of sp³-hybridized carbons (Fsp3) is 0.400. The number of piperazine rings is 1. The Labute approximate surface area is 286 Å². The Hall–Kier alpha value is -3.65. The summed E-state index contributed by atoms with van der Waals surface area (Å²) in [5.41, 5.74) is 0.353. The van der Waals surface area contributed by atoms with E-state index in [4.69, 9.17) is 0 Å². The predicted octanol–water partition coefficient (Wildman–Crippen LogP) is -5.44. The minimum Gasteiger partial charge on any atom is -0.543 e. The zero-order valence-corrected chi connectivity index (χ0v) is 28.0. The van der Waals surface area contributed by atoms with Crippen LogP contribution >= 0.6 is 23.5 Å². The predicted molar refractivity (Wildman–Crippen MR) is 150 cm³/mol. The smallest absolute Gasteiger partial charge is 0.543 e. The number of thioether (sulfide) groups is 2. The van der Waals surface area contributed by atoms with E-state index in [0.717, 1.165) is 4.90 Å². The van der Waals surface area contributed by atoms with Gasteiger partial charge in [0.2, 0.25) is 11.1 Å². The number of amides is 6. The van der Waals surface area contributed by atoms with E-state index in [1.807, 2.05) is 0 Å². The number of likely N-dealkylation sites (N-methyl/N-ethyl adjacent to an activating group) is 1. The van der Waals surface area contributed by atoms with Gasteiger partial charge in [0.05, 0.1) is 11.7 Å². The van der Waals surface area contributed by atoms with Crippen LogP contribution in [-0.4, -0.2) is 118 Å². The van der Waals surface area contributed by atoms with E-state index < -0.39 is 53.1 Å². The third kappa shape index (κ3) is 6.81. The van der Waals surface area contributed by atoms with E-state index in [0.29, 0.717) is 22.2 Å². The maximum absolute atomic E-state index is 13.5. The first-order valence-corrected chi connectivity index (χ1v) is 15.3. The normalized spacial score (nSPS) is 20.2. The van der Waals surface area contributed by atoms with Crippen molar-refractivity contribution in [1.82, 2.24) is 45.5 Å². The van der Waals surface area contributed by atoms with Gasteiger partial charge in [-0.2, -0.15) is 0 Å². The third-order valence-corrected chi connectivity index (χ3v) is 9.62. The number of phenols is 1. The number of aromatic hydroxyl groups is 1. The molecule has 0 saturated carbocycles. The molecule has 0 unspecified atom stereocenters. The molecule has 3 aliphatic heterocycles. The zero-order chi connectivity index (χ0) is 31.7. The standard InChI is InChI=1S/C25H27N9O8S2.Na/c1-3-32-8-9-33(21(39)20(32)38)24(42)27-15(12-4-6-14(35)7-5-12)18(36)26-16-19(37)34-17(23(40)41)13(10-43-22(16)34)11-44-25-28-29-30-31(25)2;/h4-7,15-16,22,35H,3,8-11H2,1-2H3,(H,26,36)(H,27,42)(H,40,41);/q;+1/p-1/t15-,16+,22-;/m1./s1. The van der Waals surface area contributed by atoms with Gasteiger partial charge in [-0.1, -0.05) is 23.9 Å². The number of rotatable bonds is 9. The summed E-state index contributed by atoms with van der Waals surface area (Å²) in [6, 6.07) is 1.76. The number of imide groups is 1. The van der Waals surface area contributed by atoms with Crippen LogP contribution in [0.15, 0.2) is 40.7 Å². The summed E-state index contributed by atoms with van der Waals surface area (Å²) in [5, 5.41) is 37.7. The van der Waals surface area contributed by atoms with E-state index in [1.54, 1.807) is 14.0 Å². The number of tetrazole rings is 1. The van der Waals surface area contributed by atoms with Crippen LogP contribution in [0.25, 0.3) is 0 Å². The molecule has 45 heavy (non-hydrogen) atoms. The van der Waals surface area contributed by atoms with Crippen molar-refractivity contribution in [2.24, 2.45) is 7.05 Å². The Morgan fingerprint density at radius 1 is 1.16 bits per heavy atom. The molecule has 3 N–H and O–H groups in total. The fourth-order valence-corrected chi connectivity index (χ4v) is 7.19. The van der Waals surface area contributed by atoms with Crippen molar-refractivity contribution in [2.45, 2.75) is 29.5 Å². The molecule has 5 rings (SSSR count). The van der Waals surface area contributed by atoms with Gasteiger partial charge in [0.15, 0.2) is 0 Å². The Morgan fingerprint density at radius 2 is 1.87 bits per heavy atom. The summed E-state index contributed by atoms with van der Waals surface area (Å²) >= 11 is 2.43. The number of hydrogen-bond acceptors (Lipinski definition) is 13. The van der Waals surface area contributed by atoms with Gasteiger partial charge in [0, 0.05) is 38.2 Å². The zero-order valence-electron chi connectivity index (χ0n) is 24.3. The summed E-state index contributed by atoms with van der Waals surface area (Å²) in [4.78, 5) is 79.9. The number of carboxylic acids is 1. The Morgan fingerprint density at radius 3 is 2.49 bits per heavy atom. The molecule has 0 radical (unpaired) electrons. The average Bonchev–Trinajstić information content (AvgIpc) is 3.42. The third-order valence-electron chi connectivity index (χ3n) is 7.19. The number of aromatic nitrogens is 4. The van der Waals surface area contributed by atoms with Crippen molar-refractivity contribution in [1.29, 1.82) is 0 Å². The molecule has 0 bridgehead atoms. The summed E-state index contributed by atoms with van der Waals surface area (Å²) in [7, 11) is 1.63. The van der Waals surface area contributed by atoms with Gasteiger partial charge in [0.25, 0.3) is 5.91 Å². The number of β-lactam (4-membered cyclic amide) rings is 1. The molecule has 3 aliphatic rings. The number of fused-ring (bicyclic) bond motifs is 1. The Bertz CT molecular complexity index is 1570. The van der Waals surface area contributed by atoms with E-state index in [9.17, 15) is 39.0 Å². The van der Waals surface area contributed by atoms with Crippen molar-refractivity contribution in [3.8, 4) is 5.75 Å². The molecular formula is C25H26N9NaO8S2. The molecule has 1 aromatic heterocycles. The first kappa shape index (κ1) is 34.2. The number of carboxylic acid groups (broad SMARTS) is 1. The maximum Gasteiger partial charge on any atom is 1.00 e. The van der Waals surface area contributed by atoms with Crippen molar-refractivity contribution in [2.75, 3.05) is 31.1 Å². The molecular weight excluding hydrogens is 641 g/mol. The second kappa shape index (κ2) is 14.2. The van der Waals surface area contributed by atoms with Crippen molar-refractivity contribution in [3.63, 3.8) is 0 Å². The number of benzene rings is 1. The van der Waals surface area contributed by atoms with Gasteiger partial charge in [-0.3, -0.25) is 29.0 Å². The molecule has 1 aromatic carbocycles. The van der Waals surface area contributed by atoms with Crippen molar-refractivity contribution in [3.05, 3.63) is 41.1 Å². The average molecular weight is 668 g/mol. The van der Waals surface area contributed by atoms with Gasteiger partial charge >= 0.3 is 47.4 Å². The van der Waals surface area contributed by atoms with E-state index in [2.05, 4.69) is 26.2 Å². The van der Waals surface area contributed by atoms with Gasteiger partial charge < -0.3 is 30.5 Å². The molecule has 2 aromatic rings. The molecule has 17 nitrogen and oxygen atoms in total. The molecule has 3 atom stereocenters. The molecule has 6 amide bonds. The fourth-order valence-electron chi connectivity index (χ4n) is 4.85. The molecule has 0 aliphatic carbocycles. The van der Waals surface area contributed by atoms with E-state index in [1.165, 1.54) is 57.4 Å². The number of aryl methyl sites for hydroxylation is 1. The Balaban J connectivity index is 0.00000461. The van der Waals surface area contributed by atoms with Crippen LogP contribution in [0.3, 0.4) is 0 Å². The van der Waals surface area contributed by atoms with Gasteiger partial charge in [-0.25, -0.2) is 9.48 Å². The van der Waals surface area contributed by atoms with Gasteiger partial charge in [-0.05, 0) is 40.6 Å². The maximum atomic E-state index is 13.5. The molecule has 0 spiro atoms. The molecule has 4 heterocycles. The van der Waals surface area contributed by atoms with E-state index in [-0.39, 0.29) is 71.2 Å². The number of carbonyl (C=O) groups excluding carboxylic acids is 6. The minimum absolute atomic E-state index is 0. The molecule has 232 valence electrons. The van der Waals surface area contributed by atoms with Crippen LogP contribution < -0.4 is 45.3 Å². The summed E-state index contributed by atoms with van der Waals surface area (Å²) < 4.78 is 1.42. The van der Waals surface area contributed by atoms with Crippen LogP contribution in [0, 0.1) is 0 Å². The quantitative estimate of drug-likeness (QED) is 0.0984. The second-order valence-corrected chi connectivity index (χ2v) is 11.9. The van der Waals surface area contributed by atoms with Crippen LogP contribution in [0.1, 0.15) is 18.5 Å². The molecule has 20 heteroatoms. The largest absolute Gasteiger partial charge is 1.00 e. The van der Waals surface area contributed by atoms with Crippen molar-refractivity contribution >= 4 is 59.2 Å². The monoisotopic (exact) mass is 667 g/mol. The SMILES string of the molecule is CCN1CCN(C(=O)N[C@@H](C(=O)N[C@H]2C(=O)N3C(C(=O)[O-])=C(CSc4nnnn4C)CS[C@H]23)c2ccc(O)cc2)C(=O)C1=O.[Na+]. The van der Waals surface area contributed by atoms with Crippen molar-refractivity contribution < 1.29 is 68.5 Å². The topological polar surface area (TPSA) is 223 Å². The first-order valence-electron chi connectivity index (χ1n) is 13.3. The summed E-state index contributed by atoms with van der Waals surface area (Å²) in [6.45, 7) is 2.02. The number of phenolic OH excluding ortho intramolecular Hbond substituents is 1. The van der Waals surface area contributed by atoms with Crippen LogP contribution in [-0.2, 0) is 31.0 Å². The molecule has 2 saturated heterocycles. The minimum atomic E-state index is -1.54. The summed E-state index contributed by atoms with van der Waals surface area (Å²) in [6.07, 6.45) is 0. The number of urea groups is 1. The summed E-state index contributed by atoms with van der Waals surface area (Å²) in [5.74, 6) is -4.66. The van der Waals surface area contributed by atoms with Crippen LogP contribution in [0.5, 0.6) is 5.75 Å². The van der Waals surface area contributed by atoms with Crippen LogP contribution in [0.4, 0.5) is 4.79 Å². The Kier molecular flexibility index (Phi) is 10.8. The first-order chi connectivity index (χ1) is 21.0. The van der Waals surface area contributed by atoms with Gasteiger partial charge in [0.1, 0.15) is 23.2 Å².